The summed E-state index contributed by atoms with van der Waals surface area (Å²) in [6.07, 6.45) is 1.26. The minimum Gasteiger partial charge on any atom is -0.494 e. The van der Waals surface area contributed by atoms with Crippen LogP contribution in [0.4, 0.5) is 0 Å². The van der Waals surface area contributed by atoms with E-state index in [4.69, 9.17) is 16.3 Å². The highest BCUT2D eigenvalue weighted by Gasteiger charge is 2.24. The van der Waals surface area contributed by atoms with Gasteiger partial charge in [-0.05, 0) is 74.9 Å². The van der Waals surface area contributed by atoms with Crippen molar-refractivity contribution in [3.63, 3.8) is 0 Å². The number of fused-ring (bicyclic) bond motifs is 1. The van der Waals surface area contributed by atoms with Gasteiger partial charge >= 0.3 is 5.97 Å². The molecule has 10 nitrogen and oxygen atoms in total. The molecule has 0 spiro atoms. The third-order valence-corrected chi connectivity index (χ3v) is 9.12. The lowest BCUT2D eigenvalue weighted by Gasteiger charge is -2.15. The summed E-state index contributed by atoms with van der Waals surface area (Å²) < 4.78 is 7.89. The van der Waals surface area contributed by atoms with Crippen molar-refractivity contribution in [2.45, 2.75) is 53.0 Å². The van der Waals surface area contributed by atoms with Gasteiger partial charge in [0, 0.05) is 40.7 Å². The minimum atomic E-state index is -1.16. The molecular weight excluding hydrogens is 630 g/mol. The Morgan fingerprint density at radius 1 is 1.02 bits per heavy atom. The molecule has 4 N–H and O–H groups in total. The average molecular weight is 670 g/mol. The van der Waals surface area contributed by atoms with Crippen LogP contribution in [0, 0.1) is 27.7 Å². The van der Waals surface area contributed by atoms with Gasteiger partial charge < -0.3 is 25.5 Å². The van der Waals surface area contributed by atoms with E-state index in [0.717, 1.165) is 66.4 Å². The van der Waals surface area contributed by atoms with Gasteiger partial charge in [0.1, 0.15) is 17.5 Å². The number of amides is 2. The number of aromatic amines is 1. The number of H-pyrrole nitrogens is 1. The molecule has 48 heavy (non-hydrogen) atoms. The van der Waals surface area contributed by atoms with Gasteiger partial charge in [0.25, 0.3) is 5.91 Å². The van der Waals surface area contributed by atoms with E-state index in [1.165, 1.54) is 0 Å². The second-order valence-corrected chi connectivity index (χ2v) is 12.4. The van der Waals surface area contributed by atoms with E-state index in [0.29, 0.717) is 25.1 Å². The van der Waals surface area contributed by atoms with E-state index < -0.39 is 30.4 Å². The van der Waals surface area contributed by atoms with Crippen molar-refractivity contribution in [3.8, 4) is 16.9 Å². The van der Waals surface area contributed by atoms with Gasteiger partial charge in [-0.2, -0.15) is 5.10 Å². The topological polar surface area (TPSA) is 138 Å². The molecule has 0 bridgehead atoms. The first kappa shape index (κ1) is 34.3. The van der Waals surface area contributed by atoms with Crippen molar-refractivity contribution >= 4 is 40.3 Å². The fourth-order valence-corrected chi connectivity index (χ4v) is 6.18. The largest absolute Gasteiger partial charge is 0.494 e. The van der Waals surface area contributed by atoms with Crippen molar-refractivity contribution in [1.29, 1.82) is 0 Å². The first-order valence-corrected chi connectivity index (χ1v) is 16.2. The maximum atomic E-state index is 13.7. The number of aliphatic carboxylic acids is 1. The summed E-state index contributed by atoms with van der Waals surface area (Å²) >= 11 is 6.32. The Balaban J connectivity index is 1.37. The van der Waals surface area contributed by atoms with Gasteiger partial charge in [-0.15, -0.1) is 0 Å². The molecule has 2 amide bonds. The van der Waals surface area contributed by atoms with E-state index >= 15 is 0 Å². The van der Waals surface area contributed by atoms with Crippen molar-refractivity contribution in [3.05, 3.63) is 105 Å². The van der Waals surface area contributed by atoms with E-state index in [2.05, 4.69) is 20.7 Å². The monoisotopic (exact) mass is 669 g/mol. The quantitative estimate of drug-likeness (QED) is 0.113. The molecule has 0 saturated carbocycles. The maximum absolute atomic E-state index is 13.7. The molecule has 0 aliphatic carbocycles. The lowest BCUT2D eigenvalue weighted by molar-refractivity contribution is -0.141. The first-order valence-electron chi connectivity index (χ1n) is 15.8. The SMILES string of the molecule is Cc1cc(OCCCc2c(C(=O)NCC(=O)NC(Cc3ccccc3)C(=O)O)[nH]c3c(-c4c(C)nn(C)c4C)cccc23)cc(C)c1Cl. The molecule has 2 aromatic heterocycles. The number of nitrogens with zero attached hydrogens (tertiary/aromatic N) is 2. The number of aryl methyl sites for hydroxylation is 5. The highest BCUT2D eigenvalue weighted by molar-refractivity contribution is 6.32. The standard InChI is InChI=1S/C37H40ClN5O5/c1-21-17-26(18-22(2)33(21)38)48-16-10-15-28-27-13-9-14-29(32-23(3)42-43(5)24(32)4)34(27)41-35(28)36(45)39-20-31(44)40-30(37(46)47)19-25-11-7-6-8-12-25/h6-9,11-14,17-18,30,41H,10,15-16,19-20H2,1-5H3,(H,39,45)(H,40,44)(H,46,47). The number of carbonyl (C=O) groups excluding carboxylic acids is 2. The normalized spacial score (nSPS) is 11.8. The van der Waals surface area contributed by atoms with Crippen LogP contribution in [-0.4, -0.2) is 56.8 Å². The van der Waals surface area contributed by atoms with E-state index in [1.54, 1.807) is 12.1 Å². The van der Waals surface area contributed by atoms with Gasteiger partial charge in [-0.3, -0.25) is 14.3 Å². The van der Waals surface area contributed by atoms with Gasteiger partial charge in [0.2, 0.25) is 5.91 Å². The van der Waals surface area contributed by atoms with Crippen LogP contribution in [-0.2, 0) is 29.5 Å². The summed E-state index contributed by atoms with van der Waals surface area (Å²) in [6, 6.07) is 17.7. The Morgan fingerprint density at radius 3 is 2.38 bits per heavy atom. The molecule has 0 fully saturated rings. The molecule has 1 unspecified atom stereocenters. The van der Waals surface area contributed by atoms with Crippen LogP contribution in [0.2, 0.25) is 5.02 Å². The second kappa shape index (κ2) is 14.8. The Morgan fingerprint density at radius 2 is 1.73 bits per heavy atom. The van der Waals surface area contributed by atoms with Crippen LogP contribution in [0.25, 0.3) is 22.0 Å². The number of carbonyl (C=O) groups is 3. The third-order valence-electron chi connectivity index (χ3n) is 8.52. The number of aromatic nitrogens is 3. The lowest BCUT2D eigenvalue weighted by Crippen LogP contribution is -2.46. The van der Waals surface area contributed by atoms with Crippen LogP contribution < -0.4 is 15.4 Å². The number of ether oxygens (including phenoxy) is 1. The van der Waals surface area contributed by atoms with Crippen LogP contribution in [0.15, 0.2) is 60.7 Å². The first-order chi connectivity index (χ1) is 22.9. The maximum Gasteiger partial charge on any atom is 0.326 e. The number of para-hydroxylation sites is 1. The Labute approximate surface area is 284 Å². The van der Waals surface area contributed by atoms with Crippen LogP contribution in [0.5, 0.6) is 5.75 Å². The molecule has 0 radical (unpaired) electrons. The van der Waals surface area contributed by atoms with Crippen LogP contribution >= 0.6 is 11.6 Å². The van der Waals surface area contributed by atoms with Crippen LogP contribution in [0.3, 0.4) is 0 Å². The molecule has 5 rings (SSSR count). The fraction of sp³-hybridized carbons (Fsp3) is 0.297. The van der Waals surface area contributed by atoms with Crippen molar-refractivity contribution < 1.29 is 24.2 Å². The molecule has 11 heteroatoms. The molecule has 2 heterocycles. The van der Waals surface area contributed by atoms with Gasteiger partial charge in [0.05, 0.1) is 24.4 Å². The number of rotatable bonds is 13. The Hall–Kier alpha value is -5.09. The zero-order chi connectivity index (χ0) is 34.5. The zero-order valence-electron chi connectivity index (χ0n) is 27.7. The highest BCUT2D eigenvalue weighted by Crippen LogP contribution is 2.35. The van der Waals surface area contributed by atoms with Gasteiger partial charge in [-0.25, -0.2) is 4.79 Å². The summed E-state index contributed by atoms with van der Waals surface area (Å²) in [4.78, 5) is 41.8. The molecule has 3 aromatic carbocycles. The Kier molecular flexibility index (Phi) is 10.5. The smallest absolute Gasteiger partial charge is 0.326 e. The summed E-state index contributed by atoms with van der Waals surface area (Å²) in [5, 5.41) is 21.1. The minimum absolute atomic E-state index is 0.120. The summed E-state index contributed by atoms with van der Waals surface area (Å²) in [5.74, 6) is -1.50. The van der Waals surface area contributed by atoms with E-state index in [9.17, 15) is 19.5 Å². The van der Waals surface area contributed by atoms with E-state index in [-0.39, 0.29) is 6.42 Å². The number of carboxylic acid groups (broad SMARTS) is 1. The number of hydrogen-bond acceptors (Lipinski definition) is 5. The number of hydrogen-bond donors (Lipinski definition) is 4. The predicted molar refractivity (Wildman–Crippen MR) is 187 cm³/mol. The molecule has 0 aliphatic rings. The molecule has 5 aromatic rings. The number of carboxylic acids is 1. The van der Waals surface area contributed by atoms with Gasteiger partial charge in [0.15, 0.2) is 0 Å². The van der Waals surface area contributed by atoms with Crippen molar-refractivity contribution in [2.75, 3.05) is 13.2 Å². The number of nitrogens with one attached hydrogen (secondary N) is 3. The third kappa shape index (κ3) is 7.55. The molecule has 1 atom stereocenters. The average Bonchev–Trinajstić information content (AvgIpc) is 3.55. The highest BCUT2D eigenvalue weighted by atomic mass is 35.5. The molecule has 0 saturated heterocycles. The Bertz CT molecular complexity index is 1960. The van der Waals surface area contributed by atoms with Crippen molar-refractivity contribution in [1.82, 2.24) is 25.4 Å². The summed E-state index contributed by atoms with van der Waals surface area (Å²) in [5.41, 5.74) is 8.34. The predicted octanol–water partition coefficient (Wildman–Crippen LogP) is 6.01. The second-order valence-electron chi connectivity index (χ2n) is 12.0. The number of benzene rings is 3. The van der Waals surface area contributed by atoms with E-state index in [1.807, 2.05) is 88.0 Å². The fourth-order valence-electron chi connectivity index (χ4n) is 6.07. The molecular formula is C37H40ClN5O5. The summed E-state index contributed by atoms with van der Waals surface area (Å²) in [7, 11) is 1.90. The zero-order valence-corrected chi connectivity index (χ0v) is 28.5. The van der Waals surface area contributed by atoms with Gasteiger partial charge in [-0.1, -0.05) is 60.1 Å². The molecule has 250 valence electrons. The lowest BCUT2D eigenvalue weighted by atomic mass is 9.98. The van der Waals surface area contributed by atoms with Crippen molar-refractivity contribution in [2.24, 2.45) is 7.05 Å². The summed E-state index contributed by atoms with van der Waals surface area (Å²) in [6.45, 7) is 7.86. The molecule has 0 aliphatic heterocycles. The van der Waals surface area contributed by atoms with Crippen LogP contribution in [0.1, 0.15) is 50.6 Å². The number of halogens is 1.